The van der Waals surface area contributed by atoms with Crippen LogP contribution in [0, 0.1) is 0 Å². The summed E-state index contributed by atoms with van der Waals surface area (Å²) in [7, 11) is 0. The van der Waals surface area contributed by atoms with Crippen LogP contribution >= 0.6 is 0 Å². The van der Waals surface area contributed by atoms with Gasteiger partial charge in [-0.2, -0.15) is 5.10 Å². The molecule has 1 N–H and O–H groups in total. The van der Waals surface area contributed by atoms with Gasteiger partial charge in [-0.25, -0.2) is 4.79 Å². The summed E-state index contributed by atoms with van der Waals surface area (Å²) in [6.07, 6.45) is 5.86. The number of carboxylic acid groups (broad SMARTS) is 1. The van der Waals surface area contributed by atoms with Crippen LogP contribution in [-0.2, 0) is 19.6 Å². The predicted molar refractivity (Wildman–Crippen MR) is 99.6 cm³/mol. The van der Waals surface area contributed by atoms with Crippen LogP contribution in [0.2, 0.25) is 0 Å². The zero-order valence-electron chi connectivity index (χ0n) is 14.8. The third-order valence-electron chi connectivity index (χ3n) is 5.22. The fourth-order valence-electron chi connectivity index (χ4n) is 3.83. The summed E-state index contributed by atoms with van der Waals surface area (Å²) in [5, 5.41) is 13.8. The number of nitrogens with zero attached hydrogens (tertiary/aromatic N) is 4. The normalized spacial score (nSPS) is 20.6. The monoisotopic (exact) mass is 352 g/mol. The van der Waals surface area contributed by atoms with E-state index in [1.807, 2.05) is 10.7 Å². The molecule has 1 saturated heterocycles. The van der Waals surface area contributed by atoms with Gasteiger partial charge in [0.25, 0.3) is 0 Å². The third-order valence-corrected chi connectivity index (χ3v) is 5.22. The van der Waals surface area contributed by atoms with Crippen molar-refractivity contribution >= 4 is 12.2 Å². The quantitative estimate of drug-likeness (QED) is 0.919. The molecule has 1 fully saturated rings. The smallest absolute Gasteiger partial charge is 0.407 e. The fraction of sp³-hybridized carbons (Fsp3) is 0.400. The first kappa shape index (κ1) is 16.8. The van der Waals surface area contributed by atoms with E-state index in [2.05, 4.69) is 52.5 Å². The Labute approximate surface area is 153 Å². The number of hydrogen-bond acceptors (Lipinski definition) is 3. The molecule has 1 aromatic carbocycles. The minimum absolute atomic E-state index is 0.416. The summed E-state index contributed by atoms with van der Waals surface area (Å²) in [4.78, 5) is 15.1. The van der Waals surface area contributed by atoms with Gasteiger partial charge in [0.15, 0.2) is 0 Å². The average molecular weight is 352 g/mol. The Morgan fingerprint density at radius 3 is 2.88 bits per heavy atom. The molecule has 2 aliphatic rings. The van der Waals surface area contributed by atoms with E-state index >= 15 is 0 Å². The lowest BCUT2D eigenvalue weighted by Gasteiger charge is -2.24. The van der Waals surface area contributed by atoms with E-state index in [0.29, 0.717) is 25.7 Å². The molecule has 4 rings (SSSR count). The standard InChI is InChI=1S/C20H24N4O2/c25-20(26)23-11-12-24-19(15-23)13-17(21-24)8-9-18-7-4-10-22(18)14-16-5-2-1-3-6-16/h1-3,5-6,8-9,13,18H,4,7,10-12,14-15H2,(H,25,26). The summed E-state index contributed by atoms with van der Waals surface area (Å²) in [5.74, 6) is 0. The second-order valence-corrected chi connectivity index (χ2v) is 7.01. The summed E-state index contributed by atoms with van der Waals surface area (Å²) >= 11 is 0. The Morgan fingerprint density at radius 1 is 1.23 bits per heavy atom. The van der Waals surface area contributed by atoms with Crippen LogP contribution in [0.3, 0.4) is 0 Å². The highest BCUT2D eigenvalue weighted by Gasteiger charge is 2.23. The zero-order valence-corrected chi connectivity index (χ0v) is 14.8. The number of hydrogen-bond donors (Lipinski definition) is 1. The van der Waals surface area contributed by atoms with E-state index in [1.54, 1.807) is 0 Å². The van der Waals surface area contributed by atoms with Gasteiger partial charge in [0.05, 0.1) is 24.5 Å². The molecule has 1 unspecified atom stereocenters. The minimum Gasteiger partial charge on any atom is -0.465 e. The largest absolute Gasteiger partial charge is 0.465 e. The van der Waals surface area contributed by atoms with Crippen LogP contribution in [0.1, 0.15) is 29.8 Å². The van der Waals surface area contributed by atoms with Gasteiger partial charge in [0.2, 0.25) is 0 Å². The lowest BCUT2D eigenvalue weighted by molar-refractivity contribution is 0.131. The first-order valence-corrected chi connectivity index (χ1v) is 9.20. The van der Waals surface area contributed by atoms with Crippen LogP contribution in [0.5, 0.6) is 0 Å². The molecule has 26 heavy (non-hydrogen) atoms. The summed E-state index contributed by atoms with van der Waals surface area (Å²) in [6.45, 7) is 3.64. The number of carbonyl (C=O) groups is 1. The van der Waals surface area contributed by atoms with Crippen molar-refractivity contribution in [3.05, 3.63) is 59.4 Å². The number of benzene rings is 1. The molecular formula is C20H24N4O2. The molecule has 6 nitrogen and oxygen atoms in total. The predicted octanol–water partition coefficient (Wildman–Crippen LogP) is 3.05. The number of likely N-dealkylation sites (tertiary alicyclic amines) is 1. The van der Waals surface area contributed by atoms with E-state index in [9.17, 15) is 4.79 Å². The van der Waals surface area contributed by atoms with Crippen molar-refractivity contribution in [2.45, 2.75) is 38.5 Å². The Kier molecular flexibility index (Phi) is 4.75. The van der Waals surface area contributed by atoms with E-state index in [-0.39, 0.29) is 0 Å². The van der Waals surface area contributed by atoms with Crippen molar-refractivity contribution in [3.63, 3.8) is 0 Å². The highest BCUT2D eigenvalue weighted by atomic mass is 16.4. The van der Waals surface area contributed by atoms with Crippen LogP contribution in [0.25, 0.3) is 6.08 Å². The Morgan fingerprint density at radius 2 is 2.08 bits per heavy atom. The van der Waals surface area contributed by atoms with E-state index in [4.69, 9.17) is 5.11 Å². The van der Waals surface area contributed by atoms with Gasteiger partial charge in [0, 0.05) is 19.1 Å². The first-order chi connectivity index (χ1) is 12.7. The second-order valence-electron chi connectivity index (χ2n) is 7.01. The molecule has 0 saturated carbocycles. The Balaban J connectivity index is 1.42. The van der Waals surface area contributed by atoms with Crippen molar-refractivity contribution in [3.8, 4) is 0 Å². The molecule has 1 aromatic heterocycles. The highest BCUT2D eigenvalue weighted by molar-refractivity contribution is 5.65. The van der Waals surface area contributed by atoms with Gasteiger partial charge in [-0.1, -0.05) is 36.4 Å². The molecular weight excluding hydrogens is 328 g/mol. The minimum atomic E-state index is -0.864. The summed E-state index contributed by atoms with van der Waals surface area (Å²) in [6, 6.07) is 13.0. The van der Waals surface area contributed by atoms with Gasteiger partial charge < -0.3 is 10.0 Å². The summed E-state index contributed by atoms with van der Waals surface area (Å²) in [5.41, 5.74) is 3.23. The van der Waals surface area contributed by atoms with Crippen LogP contribution in [0.15, 0.2) is 42.5 Å². The molecule has 2 aromatic rings. The Hall–Kier alpha value is -2.60. The lowest BCUT2D eigenvalue weighted by atomic mass is 10.1. The molecule has 1 atom stereocenters. The molecule has 1 amide bonds. The first-order valence-electron chi connectivity index (χ1n) is 9.20. The van der Waals surface area contributed by atoms with Crippen molar-refractivity contribution < 1.29 is 9.90 Å². The highest BCUT2D eigenvalue weighted by Crippen LogP contribution is 2.22. The van der Waals surface area contributed by atoms with Crippen LogP contribution < -0.4 is 0 Å². The van der Waals surface area contributed by atoms with Crippen LogP contribution in [-0.4, -0.2) is 49.9 Å². The van der Waals surface area contributed by atoms with Gasteiger partial charge in [-0.05, 0) is 37.1 Å². The third kappa shape index (κ3) is 3.65. The summed E-state index contributed by atoms with van der Waals surface area (Å²) < 4.78 is 1.93. The average Bonchev–Trinajstić information content (AvgIpc) is 3.26. The Bertz CT molecular complexity index is 799. The molecule has 0 aliphatic carbocycles. The van der Waals surface area contributed by atoms with Gasteiger partial charge >= 0.3 is 6.09 Å². The van der Waals surface area contributed by atoms with Gasteiger partial charge in [-0.3, -0.25) is 9.58 Å². The number of fused-ring (bicyclic) bond motifs is 1. The molecule has 136 valence electrons. The van der Waals surface area contributed by atoms with Crippen molar-refractivity contribution in [1.82, 2.24) is 19.6 Å². The number of amides is 1. The maximum absolute atomic E-state index is 11.1. The van der Waals surface area contributed by atoms with Crippen molar-refractivity contribution in [1.29, 1.82) is 0 Å². The van der Waals surface area contributed by atoms with Gasteiger partial charge in [0.1, 0.15) is 0 Å². The number of aromatic nitrogens is 2. The molecule has 2 aliphatic heterocycles. The molecule has 6 heteroatoms. The maximum atomic E-state index is 11.1. The SMILES string of the molecule is O=C(O)N1CCn2nc(C=CC3CCCN3Cc3ccccc3)cc2C1. The van der Waals surface area contributed by atoms with E-state index < -0.39 is 6.09 Å². The lowest BCUT2D eigenvalue weighted by Crippen LogP contribution is -2.37. The van der Waals surface area contributed by atoms with Crippen molar-refractivity contribution in [2.24, 2.45) is 0 Å². The zero-order chi connectivity index (χ0) is 17.9. The maximum Gasteiger partial charge on any atom is 0.407 e. The second kappa shape index (κ2) is 7.33. The number of rotatable bonds is 4. The van der Waals surface area contributed by atoms with E-state index in [0.717, 1.165) is 24.5 Å². The van der Waals surface area contributed by atoms with Crippen LogP contribution in [0.4, 0.5) is 4.79 Å². The van der Waals surface area contributed by atoms with Crippen molar-refractivity contribution in [2.75, 3.05) is 13.1 Å². The molecule has 0 radical (unpaired) electrons. The topological polar surface area (TPSA) is 61.6 Å². The van der Waals surface area contributed by atoms with E-state index in [1.165, 1.54) is 23.3 Å². The van der Waals surface area contributed by atoms with Gasteiger partial charge in [-0.15, -0.1) is 0 Å². The fourth-order valence-corrected chi connectivity index (χ4v) is 3.83. The molecule has 0 bridgehead atoms. The molecule has 0 spiro atoms. The molecule has 3 heterocycles.